The van der Waals surface area contributed by atoms with Gasteiger partial charge in [0, 0.05) is 24.0 Å². The first-order valence-corrected chi connectivity index (χ1v) is 12.2. The van der Waals surface area contributed by atoms with Gasteiger partial charge in [-0.1, -0.05) is 53.6 Å². The van der Waals surface area contributed by atoms with Crippen LogP contribution >= 0.6 is 11.6 Å². The number of hydrogen-bond donors (Lipinski definition) is 1. The first-order chi connectivity index (χ1) is 14.2. The Morgan fingerprint density at radius 2 is 1.83 bits per heavy atom. The van der Waals surface area contributed by atoms with E-state index < -0.39 is 10.0 Å². The molecule has 1 fully saturated rings. The number of halogens is 1. The number of aryl methyl sites for hydroxylation is 2. The summed E-state index contributed by atoms with van der Waals surface area (Å²) in [6.45, 7) is 6.78. The number of carbonyl (C=O) groups is 1. The molecule has 0 aromatic heterocycles. The van der Waals surface area contributed by atoms with Crippen molar-refractivity contribution in [3.05, 3.63) is 69.7 Å². The van der Waals surface area contributed by atoms with Gasteiger partial charge in [0.05, 0.1) is 11.8 Å². The topological polar surface area (TPSA) is 66.5 Å². The van der Waals surface area contributed by atoms with E-state index in [0.29, 0.717) is 36.5 Å². The minimum absolute atomic E-state index is 0.00868. The zero-order chi connectivity index (χ0) is 21.9. The molecule has 0 aliphatic carbocycles. The van der Waals surface area contributed by atoms with Crippen molar-refractivity contribution in [3.8, 4) is 0 Å². The molecule has 1 amide bonds. The molecule has 162 valence electrons. The highest BCUT2D eigenvalue weighted by Gasteiger charge is 2.32. The zero-order valence-corrected chi connectivity index (χ0v) is 19.3. The Labute approximate surface area is 184 Å². The molecule has 0 saturated carbocycles. The van der Waals surface area contributed by atoms with Gasteiger partial charge in [0.15, 0.2) is 0 Å². The molecular weight excluding hydrogens is 420 g/mol. The summed E-state index contributed by atoms with van der Waals surface area (Å²) < 4.78 is 27.0. The van der Waals surface area contributed by atoms with E-state index in [4.69, 9.17) is 11.6 Å². The second kappa shape index (κ2) is 9.50. The summed E-state index contributed by atoms with van der Waals surface area (Å²) in [6.07, 6.45) is 1.04. The summed E-state index contributed by atoms with van der Waals surface area (Å²) in [5.74, 6) is -0.302. The third kappa shape index (κ3) is 5.42. The van der Waals surface area contributed by atoms with Crippen molar-refractivity contribution >= 4 is 27.5 Å². The first kappa shape index (κ1) is 22.8. The Hall–Kier alpha value is -1.89. The lowest BCUT2D eigenvalue weighted by Crippen LogP contribution is -2.43. The van der Waals surface area contributed by atoms with Crippen LogP contribution in [-0.2, 0) is 20.6 Å². The van der Waals surface area contributed by atoms with E-state index in [-0.39, 0.29) is 23.6 Å². The van der Waals surface area contributed by atoms with Crippen LogP contribution in [0.3, 0.4) is 0 Å². The van der Waals surface area contributed by atoms with Crippen LogP contribution in [0.15, 0.2) is 42.5 Å². The van der Waals surface area contributed by atoms with Gasteiger partial charge < -0.3 is 5.32 Å². The van der Waals surface area contributed by atoms with Crippen LogP contribution < -0.4 is 5.32 Å². The van der Waals surface area contributed by atoms with Crippen LogP contribution in [0.5, 0.6) is 0 Å². The van der Waals surface area contributed by atoms with Crippen LogP contribution in [0, 0.1) is 19.8 Å². The predicted octanol–water partition coefficient (Wildman–Crippen LogP) is 4.38. The standard InChI is InChI=1S/C23H29ClN2O3S/c1-16-8-9-21(17(2)14-16)18(3)25-23(27)19-10-12-26(13-11-19)30(28,29)15-20-6-4-5-7-22(20)24/h4-9,14,18-19H,10-13,15H2,1-3H3,(H,25,27)/t18-/m1/s1. The van der Waals surface area contributed by atoms with Gasteiger partial charge in [0.1, 0.15) is 0 Å². The van der Waals surface area contributed by atoms with Gasteiger partial charge in [0.2, 0.25) is 15.9 Å². The molecule has 30 heavy (non-hydrogen) atoms. The van der Waals surface area contributed by atoms with Crippen molar-refractivity contribution < 1.29 is 13.2 Å². The minimum atomic E-state index is -3.47. The minimum Gasteiger partial charge on any atom is -0.349 e. The van der Waals surface area contributed by atoms with E-state index in [2.05, 4.69) is 17.4 Å². The quantitative estimate of drug-likeness (QED) is 0.713. The maximum absolute atomic E-state index is 12.8. The van der Waals surface area contributed by atoms with Gasteiger partial charge in [-0.3, -0.25) is 4.79 Å². The number of carbonyl (C=O) groups excluding carboxylic acids is 1. The molecule has 1 aliphatic heterocycles. The fourth-order valence-corrected chi connectivity index (χ4v) is 5.90. The summed E-state index contributed by atoms with van der Waals surface area (Å²) in [4.78, 5) is 12.8. The Balaban J connectivity index is 1.56. The van der Waals surface area contributed by atoms with Gasteiger partial charge in [-0.2, -0.15) is 0 Å². The molecule has 1 saturated heterocycles. The van der Waals surface area contributed by atoms with E-state index in [1.807, 2.05) is 26.8 Å². The number of hydrogen-bond acceptors (Lipinski definition) is 3. The van der Waals surface area contributed by atoms with Crippen molar-refractivity contribution in [2.24, 2.45) is 5.92 Å². The average Bonchev–Trinajstić information content (AvgIpc) is 2.69. The highest BCUT2D eigenvalue weighted by atomic mass is 35.5. The highest BCUT2D eigenvalue weighted by Crippen LogP contribution is 2.25. The lowest BCUT2D eigenvalue weighted by atomic mass is 9.95. The van der Waals surface area contributed by atoms with Gasteiger partial charge in [-0.15, -0.1) is 0 Å². The molecular formula is C23H29ClN2O3S. The lowest BCUT2D eigenvalue weighted by Gasteiger charge is -2.31. The third-order valence-corrected chi connectivity index (χ3v) is 7.96. The van der Waals surface area contributed by atoms with Crippen LogP contribution in [0.25, 0.3) is 0 Å². The molecule has 0 unspecified atom stereocenters. The largest absolute Gasteiger partial charge is 0.349 e. The van der Waals surface area contributed by atoms with Crippen LogP contribution in [0.2, 0.25) is 5.02 Å². The van der Waals surface area contributed by atoms with Crippen LogP contribution in [0.1, 0.15) is 48.1 Å². The highest BCUT2D eigenvalue weighted by molar-refractivity contribution is 7.88. The normalized spacial score (nSPS) is 16.9. The third-order valence-electron chi connectivity index (χ3n) is 5.76. The van der Waals surface area contributed by atoms with Crippen molar-refractivity contribution in [3.63, 3.8) is 0 Å². The van der Waals surface area contributed by atoms with Gasteiger partial charge >= 0.3 is 0 Å². The Kier molecular flexibility index (Phi) is 7.22. The van der Waals surface area contributed by atoms with E-state index in [0.717, 1.165) is 11.1 Å². The summed E-state index contributed by atoms with van der Waals surface area (Å²) in [5, 5.41) is 3.56. The number of nitrogens with one attached hydrogen (secondary N) is 1. The van der Waals surface area contributed by atoms with Gasteiger partial charge in [-0.25, -0.2) is 12.7 Å². The number of sulfonamides is 1. The van der Waals surface area contributed by atoms with Crippen LogP contribution in [0.4, 0.5) is 0 Å². The SMILES string of the molecule is Cc1ccc([C@@H](C)NC(=O)C2CCN(S(=O)(=O)Cc3ccccc3Cl)CC2)c(C)c1. The fourth-order valence-electron chi connectivity index (χ4n) is 4.02. The van der Waals surface area contributed by atoms with Crippen LogP contribution in [-0.4, -0.2) is 31.7 Å². The monoisotopic (exact) mass is 448 g/mol. The van der Waals surface area contributed by atoms with E-state index in [1.54, 1.807) is 24.3 Å². The van der Waals surface area contributed by atoms with Crippen molar-refractivity contribution in [2.45, 2.75) is 45.4 Å². The molecule has 1 atom stereocenters. The summed E-state index contributed by atoms with van der Waals surface area (Å²) in [7, 11) is -3.47. The smallest absolute Gasteiger partial charge is 0.223 e. The second-order valence-corrected chi connectivity index (χ2v) is 10.5. The Bertz CT molecular complexity index is 1010. The van der Waals surface area contributed by atoms with Gasteiger partial charge in [-0.05, 0) is 56.4 Å². The van der Waals surface area contributed by atoms with Crippen molar-refractivity contribution in [2.75, 3.05) is 13.1 Å². The first-order valence-electron chi connectivity index (χ1n) is 10.3. The Morgan fingerprint density at radius 1 is 1.17 bits per heavy atom. The van der Waals surface area contributed by atoms with Crippen molar-refractivity contribution in [1.29, 1.82) is 0 Å². The summed E-state index contributed by atoms with van der Waals surface area (Å²) in [6, 6.07) is 13.1. The number of nitrogens with zero attached hydrogens (tertiary/aromatic N) is 1. The van der Waals surface area contributed by atoms with E-state index >= 15 is 0 Å². The molecule has 0 radical (unpaired) electrons. The second-order valence-electron chi connectivity index (χ2n) is 8.11. The molecule has 1 heterocycles. The zero-order valence-electron chi connectivity index (χ0n) is 17.7. The summed E-state index contributed by atoms with van der Waals surface area (Å²) >= 11 is 6.12. The fraction of sp³-hybridized carbons (Fsp3) is 0.435. The number of rotatable bonds is 6. The van der Waals surface area contributed by atoms with Gasteiger partial charge in [0.25, 0.3) is 0 Å². The number of benzene rings is 2. The molecule has 0 bridgehead atoms. The molecule has 0 spiro atoms. The number of piperidine rings is 1. The van der Waals surface area contributed by atoms with Crippen molar-refractivity contribution in [1.82, 2.24) is 9.62 Å². The number of amides is 1. The maximum Gasteiger partial charge on any atom is 0.223 e. The molecule has 1 aliphatic rings. The molecule has 1 N–H and O–H groups in total. The molecule has 7 heteroatoms. The molecule has 5 nitrogen and oxygen atoms in total. The molecule has 3 rings (SSSR count). The maximum atomic E-state index is 12.8. The molecule has 2 aromatic rings. The Morgan fingerprint density at radius 3 is 2.47 bits per heavy atom. The summed E-state index contributed by atoms with van der Waals surface area (Å²) in [5.41, 5.74) is 4.05. The predicted molar refractivity (Wildman–Crippen MR) is 121 cm³/mol. The van der Waals surface area contributed by atoms with E-state index in [9.17, 15) is 13.2 Å². The lowest BCUT2D eigenvalue weighted by molar-refractivity contribution is -0.126. The molecule has 2 aromatic carbocycles. The average molecular weight is 449 g/mol. The van der Waals surface area contributed by atoms with E-state index in [1.165, 1.54) is 9.87 Å².